The summed E-state index contributed by atoms with van der Waals surface area (Å²) in [6, 6.07) is 12.3. The number of hydrogen-bond donors (Lipinski definition) is 1. The first-order valence-corrected chi connectivity index (χ1v) is 11.4. The van der Waals surface area contributed by atoms with E-state index in [1.54, 1.807) is 18.2 Å². The number of ether oxygens (including phenoxy) is 2. The molecule has 0 unspecified atom stereocenters. The van der Waals surface area contributed by atoms with E-state index < -0.39 is 23.3 Å². The van der Waals surface area contributed by atoms with Gasteiger partial charge in [-0.3, -0.25) is 4.79 Å². The van der Waals surface area contributed by atoms with Crippen molar-refractivity contribution in [2.45, 2.75) is 12.8 Å². The molecule has 0 saturated heterocycles. The molecule has 1 N–H and O–H groups in total. The van der Waals surface area contributed by atoms with Crippen LogP contribution in [0.1, 0.15) is 11.1 Å². The molecule has 38 heavy (non-hydrogen) atoms. The Hall–Kier alpha value is -4.67. The van der Waals surface area contributed by atoms with Crippen LogP contribution in [0, 0.1) is 5.82 Å². The van der Waals surface area contributed by atoms with Gasteiger partial charge >= 0.3 is 6.18 Å². The summed E-state index contributed by atoms with van der Waals surface area (Å²) in [4.78, 5) is 22.3. The summed E-state index contributed by atoms with van der Waals surface area (Å²) in [5.41, 5.74) is 0.409. The number of anilines is 3. The molecule has 4 aromatic rings. The maximum atomic E-state index is 13.9. The lowest BCUT2D eigenvalue weighted by atomic mass is 10.1. The average Bonchev–Trinajstić information content (AvgIpc) is 2.91. The second-order valence-corrected chi connectivity index (χ2v) is 8.32. The Morgan fingerprint density at radius 2 is 2.00 bits per heavy atom. The van der Waals surface area contributed by atoms with E-state index in [0.717, 1.165) is 6.07 Å². The van der Waals surface area contributed by atoms with Gasteiger partial charge in [0.2, 0.25) is 0 Å². The second-order valence-electron chi connectivity index (χ2n) is 8.32. The second kappa shape index (κ2) is 10.0. The highest BCUT2D eigenvalue weighted by atomic mass is 19.4. The summed E-state index contributed by atoms with van der Waals surface area (Å²) >= 11 is 0. The number of halogens is 4. The van der Waals surface area contributed by atoms with Gasteiger partial charge in [0.1, 0.15) is 36.9 Å². The number of alkyl halides is 3. The van der Waals surface area contributed by atoms with E-state index in [9.17, 15) is 22.4 Å². The van der Waals surface area contributed by atoms with Gasteiger partial charge in [-0.1, -0.05) is 18.7 Å². The van der Waals surface area contributed by atoms with Crippen molar-refractivity contribution in [1.82, 2.24) is 9.97 Å². The highest BCUT2D eigenvalue weighted by Crippen LogP contribution is 2.43. The summed E-state index contributed by atoms with van der Waals surface area (Å²) in [6.45, 7) is 3.80. The lowest BCUT2D eigenvalue weighted by Gasteiger charge is -2.29. The molecule has 0 bridgehead atoms. The van der Waals surface area contributed by atoms with Crippen LogP contribution in [0.25, 0.3) is 10.9 Å². The zero-order chi connectivity index (χ0) is 26.9. The molecule has 5 rings (SSSR count). The van der Waals surface area contributed by atoms with Crippen LogP contribution in [-0.2, 0) is 17.6 Å². The maximum absolute atomic E-state index is 13.9. The van der Waals surface area contributed by atoms with Crippen LogP contribution in [0.4, 0.5) is 34.8 Å². The van der Waals surface area contributed by atoms with Gasteiger partial charge in [0.25, 0.3) is 5.91 Å². The molecule has 0 spiro atoms. The molecular weight excluding hydrogens is 504 g/mol. The lowest BCUT2D eigenvalue weighted by Crippen LogP contribution is -2.36. The van der Waals surface area contributed by atoms with Crippen molar-refractivity contribution in [3.8, 4) is 11.5 Å². The average molecular weight is 524 g/mol. The summed E-state index contributed by atoms with van der Waals surface area (Å²) < 4.78 is 66.5. The third kappa shape index (κ3) is 4.95. The number of aromatic nitrogens is 2. The Balaban J connectivity index is 1.50. The molecule has 1 amide bonds. The molecule has 0 atom stereocenters. The highest BCUT2D eigenvalue weighted by molar-refractivity contribution is 6.07. The quantitative estimate of drug-likeness (QED) is 0.246. The lowest BCUT2D eigenvalue weighted by molar-refractivity contribution is -0.139. The molecule has 11 heteroatoms. The fourth-order valence-corrected chi connectivity index (χ4v) is 4.14. The molecule has 0 fully saturated rings. The van der Waals surface area contributed by atoms with Crippen LogP contribution in [0.15, 0.2) is 73.6 Å². The van der Waals surface area contributed by atoms with Gasteiger partial charge in [0, 0.05) is 5.69 Å². The molecular formula is C27H20F4N4O3. The van der Waals surface area contributed by atoms with Crippen molar-refractivity contribution in [3.05, 3.63) is 90.5 Å². The first kappa shape index (κ1) is 25.0. The maximum Gasteiger partial charge on any atom is 0.420 e. The fraction of sp³-hybridized carbons (Fsp3) is 0.148. The van der Waals surface area contributed by atoms with Crippen molar-refractivity contribution in [2.75, 3.05) is 23.4 Å². The number of fused-ring (bicyclic) bond motifs is 3. The number of amides is 1. The molecule has 7 nitrogen and oxygen atoms in total. The van der Waals surface area contributed by atoms with Gasteiger partial charge in [0.15, 0.2) is 5.75 Å². The zero-order valence-corrected chi connectivity index (χ0v) is 19.8. The minimum atomic E-state index is -4.73. The van der Waals surface area contributed by atoms with Gasteiger partial charge in [0.05, 0.1) is 28.7 Å². The standard InChI is InChI=1S/C27H20F4N4O3/c1-2-23(36)35-10-11-37-25-21(35)8-7-20-24(25)26(33-15-32-20)34-18-6-9-22(19(13-18)27(29,30)31)38-14-16-4-3-5-17(28)12-16/h2-9,12-13,15H,1,10-11,14H2,(H,32,33,34). The number of carbonyl (C=O) groups is 1. The smallest absolute Gasteiger partial charge is 0.420 e. The molecule has 0 radical (unpaired) electrons. The monoisotopic (exact) mass is 524 g/mol. The van der Waals surface area contributed by atoms with Crippen molar-refractivity contribution < 1.29 is 31.8 Å². The van der Waals surface area contributed by atoms with Gasteiger partial charge in [-0.15, -0.1) is 0 Å². The fourth-order valence-electron chi connectivity index (χ4n) is 4.14. The van der Waals surface area contributed by atoms with Gasteiger partial charge in [-0.05, 0) is 54.1 Å². The van der Waals surface area contributed by atoms with E-state index in [0.29, 0.717) is 34.4 Å². The van der Waals surface area contributed by atoms with Crippen LogP contribution in [0.5, 0.6) is 11.5 Å². The summed E-state index contributed by atoms with van der Waals surface area (Å²) in [5.74, 6) is -0.704. The van der Waals surface area contributed by atoms with Crippen LogP contribution in [0.2, 0.25) is 0 Å². The van der Waals surface area contributed by atoms with Crippen molar-refractivity contribution in [2.24, 2.45) is 0 Å². The molecule has 0 aliphatic carbocycles. The summed E-state index contributed by atoms with van der Waals surface area (Å²) in [7, 11) is 0. The highest BCUT2D eigenvalue weighted by Gasteiger charge is 2.35. The Morgan fingerprint density at radius 3 is 2.76 bits per heavy atom. The number of hydrogen-bond acceptors (Lipinski definition) is 6. The SMILES string of the molecule is C=CC(=O)N1CCOc2c1ccc1ncnc(Nc3ccc(OCc4cccc(F)c4)c(C(F)(F)F)c3)c21. The van der Waals surface area contributed by atoms with Crippen LogP contribution in [-0.4, -0.2) is 29.0 Å². The Morgan fingerprint density at radius 1 is 1.16 bits per heavy atom. The van der Waals surface area contributed by atoms with E-state index >= 15 is 0 Å². The van der Waals surface area contributed by atoms with E-state index in [-0.39, 0.29) is 30.6 Å². The number of rotatable bonds is 6. The number of nitrogens with zero attached hydrogens (tertiary/aromatic N) is 3. The van der Waals surface area contributed by atoms with Crippen LogP contribution >= 0.6 is 0 Å². The predicted molar refractivity (Wildman–Crippen MR) is 133 cm³/mol. The largest absolute Gasteiger partial charge is 0.489 e. The predicted octanol–water partition coefficient (Wildman–Crippen LogP) is 6.02. The molecule has 3 aromatic carbocycles. The van der Waals surface area contributed by atoms with E-state index in [1.807, 2.05) is 0 Å². The number of benzene rings is 3. The Labute approximate surface area is 214 Å². The van der Waals surface area contributed by atoms with Crippen molar-refractivity contribution in [1.29, 1.82) is 0 Å². The minimum absolute atomic E-state index is 0.0860. The normalized spacial score (nSPS) is 13.0. The number of nitrogens with one attached hydrogen (secondary N) is 1. The third-order valence-corrected chi connectivity index (χ3v) is 5.86. The molecule has 1 aromatic heterocycles. The van der Waals surface area contributed by atoms with E-state index in [2.05, 4.69) is 21.9 Å². The Bertz CT molecular complexity index is 1540. The topological polar surface area (TPSA) is 76.6 Å². The van der Waals surface area contributed by atoms with E-state index in [1.165, 1.54) is 47.6 Å². The molecule has 194 valence electrons. The molecule has 2 heterocycles. The van der Waals surface area contributed by atoms with E-state index in [4.69, 9.17) is 9.47 Å². The minimum Gasteiger partial charge on any atom is -0.489 e. The van der Waals surface area contributed by atoms with Crippen molar-refractivity contribution in [3.63, 3.8) is 0 Å². The molecule has 1 aliphatic rings. The summed E-state index contributed by atoms with van der Waals surface area (Å²) in [5, 5.41) is 3.33. The van der Waals surface area contributed by atoms with Crippen LogP contribution < -0.4 is 19.7 Å². The first-order chi connectivity index (χ1) is 18.2. The van der Waals surface area contributed by atoms with Gasteiger partial charge in [-0.2, -0.15) is 13.2 Å². The molecule has 0 saturated carbocycles. The first-order valence-electron chi connectivity index (χ1n) is 11.4. The number of carbonyl (C=O) groups excluding carboxylic acids is 1. The Kier molecular flexibility index (Phi) is 6.58. The third-order valence-electron chi connectivity index (χ3n) is 5.86. The van der Waals surface area contributed by atoms with Crippen molar-refractivity contribution >= 4 is 34.0 Å². The van der Waals surface area contributed by atoms with Gasteiger partial charge in [-0.25, -0.2) is 14.4 Å². The summed E-state index contributed by atoms with van der Waals surface area (Å²) in [6.07, 6.45) is -2.26. The van der Waals surface area contributed by atoms with Gasteiger partial charge < -0.3 is 19.7 Å². The zero-order valence-electron chi connectivity index (χ0n) is 19.8. The molecule has 1 aliphatic heterocycles. The van der Waals surface area contributed by atoms with Crippen LogP contribution in [0.3, 0.4) is 0 Å².